The monoisotopic (exact) mass is 272 g/mol. The Kier molecular flexibility index (Phi) is 3.16. The average Bonchev–Trinajstić information content (AvgIpc) is 2.75. The van der Waals surface area contributed by atoms with Crippen LogP contribution in [0.1, 0.15) is 5.56 Å². The van der Waals surface area contributed by atoms with E-state index in [9.17, 15) is 18.0 Å². The third-order valence-corrected chi connectivity index (χ3v) is 2.29. The van der Waals surface area contributed by atoms with Crippen molar-refractivity contribution in [3.05, 3.63) is 36.0 Å². The Morgan fingerprint density at radius 3 is 2.63 bits per heavy atom. The first-order valence-electron chi connectivity index (χ1n) is 5.01. The maximum absolute atomic E-state index is 12.8. The molecule has 19 heavy (non-hydrogen) atoms. The molecule has 0 radical (unpaired) electrons. The van der Waals surface area contributed by atoms with E-state index in [0.717, 1.165) is 12.3 Å². The Morgan fingerprint density at radius 1 is 1.32 bits per heavy atom. The van der Waals surface area contributed by atoms with Gasteiger partial charge in [-0.25, -0.2) is 4.79 Å². The summed E-state index contributed by atoms with van der Waals surface area (Å²) in [7, 11) is 0. The molecule has 5 nitrogen and oxygen atoms in total. The normalized spacial score (nSPS) is 11.3. The second-order valence-corrected chi connectivity index (χ2v) is 3.54. The molecule has 0 aliphatic rings. The summed E-state index contributed by atoms with van der Waals surface area (Å²) >= 11 is 0. The zero-order chi connectivity index (χ0) is 14.0. The van der Waals surface area contributed by atoms with Gasteiger partial charge in [-0.3, -0.25) is 5.32 Å². The number of hydrogen-bond acceptors (Lipinski definition) is 3. The lowest BCUT2D eigenvalue weighted by Crippen LogP contribution is -2.09. The summed E-state index contributed by atoms with van der Waals surface area (Å²) in [5, 5.41) is 13.8. The number of carboxylic acid groups (broad SMARTS) is 1. The van der Waals surface area contributed by atoms with Gasteiger partial charge in [0.15, 0.2) is 5.76 Å². The summed E-state index contributed by atoms with van der Waals surface area (Å²) in [6.07, 6.45) is -5.01. The number of nitrogens with zero attached hydrogens (tertiary/aromatic N) is 1. The topological polar surface area (TPSA) is 75.4 Å². The van der Waals surface area contributed by atoms with Crippen molar-refractivity contribution < 1.29 is 27.6 Å². The lowest BCUT2D eigenvalue weighted by Gasteiger charge is -2.11. The predicted octanol–water partition coefficient (Wildman–Crippen LogP) is 3.45. The minimum atomic E-state index is -4.58. The quantitative estimate of drug-likeness (QED) is 0.877. The zero-order valence-corrected chi connectivity index (χ0v) is 9.23. The van der Waals surface area contributed by atoms with Gasteiger partial charge in [0.1, 0.15) is 5.69 Å². The summed E-state index contributed by atoms with van der Waals surface area (Å²) in [5.41, 5.74) is -1.36. The molecule has 0 saturated heterocycles. The van der Waals surface area contributed by atoms with E-state index >= 15 is 0 Å². The van der Waals surface area contributed by atoms with Crippen molar-refractivity contribution in [3.63, 3.8) is 0 Å². The van der Waals surface area contributed by atoms with Crippen LogP contribution in [-0.2, 0) is 6.18 Å². The Bertz CT molecular complexity index is 607. The third kappa shape index (κ3) is 2.67. The summed E-state index contributed by atoms with van der Waals surface area (Å²) in [4.78, 5) is 10.5. The molecule has 1 heterocycles. The van der Waals surface area contributed by atoms with Gasteiger partial charge in [-0.05, 0) is 6.07 Å². The zero-order valence-electron chi connectivity index (χ0n) is 9.23. The molecule has 2 N–H and O–H groups in total. The van der Waals surface area contributed by atoms with Gasteiger partial charge in [0, 0.05) is 5.56 Å². The first-order chi connectivity index (χ1) is 8.89. The molecule has 0 fully saturated rings. The highest BCUT2D eigenvalue weighted by atomic mass is 19.4. The summed E-state index contributed by atoms with van der Waals surface area (Å²) in [5.74, 6) is -0.282. The van der Waals surface area contributed by atoms with Gasteiger partial charge in [0.2, 0.25) is 0 Å². The first kappa shape index (κ1) is 12.9. The van der Waals surface area contributed by atoms with Crippen LogP contribution in [0.25, 0.3) is 11.3 Å². The minimum Gasteiger partial charge on any atom is -0.465 e. The van der Waals surface area contributed by atoms with Crippen molar-refractivity contribution in [3.8, 4) is 11.3 Å². The van der Waals surface area contributed by atoms with E-state index in [1.165, 1.54) is 18.2 Å². The smallest absolute Gasteiger partial charge is 0.417 e. The highest BCUT2D eigenvalue weighted by molar-refractivity contribution is 5.88. The van der Waals surface area contributed by atoms with Crippen LogP contribution >= 0.6 is 0 Å². The van der Waals surface area contributed by atoms with E-state index in [-0.39, 0.29) is 17.0 Å². The van der Waals surface area contributed by atoms with Gasteiger partial charge in [0.25, 0.3) is 0 Å². The number of alkyl halides is 3. The number of hydrogen-bond donors (Lipinski definition) is 2. The standard InChI is InChI=1S/C11H7F3N2O3/c12-11(13,14)7-4-2-1-3-6(7)9-8(5-15-19-9)16-10(17)18/h1-5,16H,(H,17,18). The summed E-state index contributed by atoms with van der Waals surface area (Å²) in [6.45, 7) is 0. The molecule has 0 spiro atoms. The van der Waals surface area contributed by atoms with Gasteiger partial charge in [-0.1, -0.05) is 23.4 Å². The van der Waals surface area contributed by atoms with E-state index in [2.05, 4.69) is 5.16 Å². The van der Waals surface area contributed by atoms with Crippen LogP contribution < -0.4 is 5.32 Å². The number of amides is 1. The molecule has 0 aliphatic heterocycles. The Hall–Kier alpha value is -2.51. The van der Waals surface area contributed by atoms with Gasteiger partial charge in [0.05, 0.1) is 11.8 Å². The maximum atomic E-state index is 12.8. The number of halogens is 3. The van der Waals surface area contributed by atoms with Crippen LogP contribution in [0.2, 0.25) is 0 Å². The molecule has 0 aliphatic carbocycles. The van der Waals surface area contributed by atoms with Crippen molar-refractivity contribution in [2.45, 2.75) is 6.18 Å². The number of rotatable bonds is 2. The van der Waals surface area contributed by atoms with E-state index in [1.54, 1.807) is 0 Å². The van der Waals surface area contributed by atoms with Gasteiger partial charge in [-0.15, -0.1) is 0 Å². The van der Waals surface area contributed by atoms with Crippen LogP contribution in [0.15, 0.2) is 35.0 Å². The molecule has 0 unspecified atom stereocenters. The van der Waals surface area contributed by atoms with Crippen LogP contribution in [-0.4, -0.2) is 16.4 Å². The van der Waals surface area contributed by atoms with Gasteiger partial charge < -0.3 is 9.63 Å². The number of anilines is 1. The fourth-order valence-corrected chi connectivity index (χ4v) is 1.57. The molecular weight excluding hydrogens is 265 g/mol. The fraction of sp³-hybridized carbons (Fsp3) is 0.0909. The van der Waals surface area contributed by atoms with Crippen LogP contribution in [0.3, 0.4) is 0 Å². The number of nitrogens with one attached hydrogen (secondary N) is 1. The second kappa shape index (κ2) is 4.63. The average molecular weight is 272 g/mol. The minimum absolute atomic E-state index is 0.149. The van der Waals surface area contributed by atoms with Gasteiger partial charge in [-0.2, -0.15) is 13.2 Å². The molecular formula is C11H7F3N2O3. The van der Waals surface area contributed by atoms with E-state index in [1.807, 2.05) is 5.32 Å². The molecule has 1 aromatic carbocycles. The Labute approximate surface area is 104 Å². The van der Waals surface area contributed by atoms with E-state index in [0.29, 0.717) is 0 Å². The Balaban J connectivity index is 2.54. The molecule has 100 valence electrons. The van der Waals surface area contributed by atoms with Gasteiger partial charge >= 0.3 is 12.3 Å². The van der Waals surface area contributed by atoms with Crippen molar-refractivity contribution in [2.75, 3.05) is 5.32 Å². The number of carbonyl (C=O) groups is 1. The number of benzene rings is 1. The van der Waals surface area contributed by atoms with E-state index in [4.69, 9.17) is 9.63 Å². The van der Waals surface area contributed by atoms with Crippen LogP contribution in [0.4, 0.5) is 23.7 Å². The van der Waals surface area contributed by atoms with Crippen LogP contribution in [0, 0.1) is 0 Å². The maximum Gasteiger partial charge on any atom is 0.417 e. The molecule has 2 rings (SSSR count). The van der Waals surface area contributed by atoms with Crippen molar-refractivity contribution in [1.29, 1.82) is 0 Å². The largest absolute Gasteiger partial charge is 0.465 e. The number of aromatic nitrogens is 1. The SMILES string of the molecule is O=C(O)Nc1cnoc1-c1ccccc1C(F)(F)F. The van der Waals surface area contributed by atoms with E-state index < -0.39 is 17.8 Å². The molecule has 1 amide bonds. The van der Waals surface area contributed by atoms with Crippen molar-refractivity contribution >= 4 is 11.8 Å². The first-order valence-corrected chi connectivity index (χ1v) is 5.01. The van der Waals surface area contributed by atoms with Crippen molar-refractivity contribution in [1.82, 2.24) is 5.16 Å². The Morgan fingerprint density at radius 2 is 2.00 bits per heavy atom. The molecule has 0 saturated carbocycles. The molecule has 0 bridgehead atoms. The van der Waals surface area contributed by atoms with Crippen LogP contribution in [0.5, 0.6) is 0 Å². The molecule has 0 atom stereocenters. The predicted molar refractivity (Wildman–Crippen MR) is 58.6 cm³/mol. The lowest BCUT2D eigenvalue weighted by atomic mass is 10.0. The third-order valence-electron chi connectivity index (χ3n) is 2.29. The lowest BCUT2D eigenvalue weighted by molar-refractivity contribution is -0.137. The van der Waals surface area contributed by atoms with Crippen molar-refractivity contribution in [2.24, 2.45) is 0 Å². The molecule has 8 heteroatoms. The molecule has 1 aromatic heterocycles. The second-order valence-electron chi connectivity index (χ2n) is 3.54. The highest BCUT2D eigenvalue weighted by Gasteiger charge is 2.35. The summed E-state index contributed by atoms with van der Waals surface area (Å²) < 4.78 is 43.2. The molecule has 2 aromatic rings. The highest BCUT2D eigenvalue weighted by Crippen LogP contribution is 2.39. The summed E-state index contributed by atoms with van der Waals surface area (Å²) in [6, 6.07) is 4.67. The fourth-order valence-electron chi connectivity index (χ4n) is 1.57.